The Labute approximate surface area is 138 Å². The largest absolute Gasteiger partial charge is 0.306 e. The molecule has 116 valence electrons. The molecule has 5 nitrogen and oxygen atoms in total. The van der Waals surface area contributed by atoms with Gasteiger partial charge in [0.2, 0.25) is 0 Å². The Morgan fingerprint density at radius 1 is 1.22 bits per heavy atom. The van der Waals surface area contributed by atoms with Crippen LogP contribution in [0.2, 0.25) is 5.02 Å². The molecule has 3 aromatic rings. The number of amides is 1. The summed E-state index contributed by atoms with van der Waals surface area (Å²) in [6.07, 6.45) is 3.20. The summed E-state index contributed by atoms with van der Waals surface area (Å²) in [5.74, 6) is 0.277. The molecule has 0 spiro atoms. The molecule has 0 radical (unpaired) electrons. The third kappa shape index (κ3) is 3.24. The van der Waals surface area contributed by atoms with Gasteiger partial charge in [-0.25, -0.2) is 9.67 Å². The molecule has 0 atom stereocenters. The molecule has 1 aromatic carbocycles. The van der Waals surface area contributed by atoms with E-state index in [1.165, 1.54) is 0 Å². The fraction of sp³-hybridized carbons (Fsp3) is 0.118. The van der Waals surface area contributed by atoms with Crippen LogP contribution in [0.5, 0.6) is 0 Å². The first-order valence-corrected chi connectivity index (χ1v) is 7.47. The lowest BCUT2D eigenvalue weighted by Crippen LogP contribution is -2.14. The van der Waals surface area contributed by atoms with Crippen molar-refractivity contribution in [2.24, 2.45) is 0 Å². The van der Waals surface area contributed by atoms with E-state index in [0.29, 0.717) is 16.4 Å². The van der Waals surface area contributed by atoms with Crippen molar-refractivity contribution < 1.29 is 4.79 Å². The molecule has 3 rings (SSSR count). The molecule has 0 fully saturated rings. The number of aryl methyl sites for hydroxylation is 1. The molecule has 0 bridgehead atoms. The Balaban J connectivity index is 1.88. The molecule has 23 heavy (non-hydrogen) atoms. The summed E-state index contributed by atoms with van der Waals surface area (Å²) in [6.45, 7) is 3.78. The molecule has 1 amide bonds. The quantitative estimate of drug-likeness (QED) is 0.796. The van der Waals surface area contributed by atoms with Crippen LogP contribution in [0.15, 0.2) is 48.8 Å². The van der Waals surface area contributed by atoms with Crippen LogP contribution in [0.1, 0.15) is 21.6 Å². The maximum atomic E-state index is 12.4. The number of carbonyl (C=O) groups is 1. The van der Waals surface area contributed by atoms with Gasteiger partial charge in [-0.05, 0) is 49.7 Å². The van der Waals surface area contributed by atoms with Gasteiger partial charge >= 0.3 is 0 Å². The number of carbonyl (C=O) groups excluding carboxylic acids is 1. The lowest BCUT2D eigenvalue weighted by Gasteiger charge is -2.07. The lowest BCUT2D eigenvalue weighted by molar-refractivity contribution is 0.102. The van der Waals surface area contributed by atoms with Gasteiger partial charge in [-0.1, -0.05) is 17.7 Å². The molecule has 1 N–H and O–H groups in total. The third-order valence-corrected chi connectivity index (χ3v) is 3.70. The van der Waals surface area contributed by atoms with Crippen molar-refractivity contribution in [3.8, 4) is 5.69 Å². The number of rotatable bonds is 3. The average Bonchev–Trinajstić information content (AvgIpc) is 2.89. The van der Waals surface area contributed by atoms with Crippen LogP contribution in [-0.4, -0.2) is 20.7 Å². The summed E-state index contributed by atoms with van der Waals surface area (Å²) in [7, 11) is 0. The first-order valence-electron chi connectivity index (χ1n) is 7.09. The second-order valence-corrected chi connectivity index (χ2v) is 5.64. The highest BCUT2D eigenvalue weighted by Gasteiger charge is 2.15. The van der Waals surface area contributed by atoms with Gasteiger partial charge in [0.1, 0.15) is 5.82 Å². The fourth-order valence-electron chi connectivity index (χ4n) is 2.29. The minimum atomic E-state index is -0.242. The van der Waals surface area contributed by atoms with Crippen molar-refractivity contribution in [2.75, 3.05) is 5.32 Å². The molecule has 0 saturated heterocycles. The number of halogens is 1. The van der Waals surface area contributed by atoms with E-state index < -0.39 is 0 Å². The molecule has 0 saturated carbocycles. The topological polar surface area (TPSA) is 59.8 Å². The van der Waals surface area contributed by atoms with Crippen LogP contribution in [0.3, 0.4) is 0 Å². The van der Waals surface area contributed by atoms with E-state index in [2.05, 4.69) is 15.4 Å². The molecular weight excluding hydrogens is 312 g/mol. The molecule has 0 aliphatic rings. The zero-order valence-corrected chi connectivity index (χ0v) is 13.5. The zero-order chi connectivity index (χ0) is 16.4. The van der Waals surface area contributed by atoms with Gasteiger partial charge in [0.05, 0.1) is 23.1 Å². The number of benzene rings is 1. The maximum absolute atomic E-state index is 12.4. The average molecular weight is 327 g/mol. The minimum Gasteiger partial charge on any atom is -0.306 e. The minimum absolute atomic E-state index is 0.242. The molecule has 2 heterocycles. The maximum Gasteiger partial charge on any atom is 0.260 e. The van der Waals surface area contributed by atoms with Gasteiger partial charge in [0.25, 0.3) is 5.91 Å². The smallest absolute Gasteiger partial charge is 0.260 e. The Hall–Kier alpha value is -2.66. The molecule has 6 heteroatoms. The van der Waals surface area contributed by atoms with E-state index in [4.69, 9.17) is 11.6 Å². The summed E-state index contributed by atoms with van der Waals surface area (Å²) in [4.78, 5) is 16.6. The van der Waals surface area contributed by atoms with Crippen molar-refractivity contribution in [1.29, 1.82) is 0 Å². The van der Waals surface area contributed by atoms with Gasteiger partial charge in [0.15, 0.2) is 0 Å². The Kier molecular flexibility index (Phi) is 4.12. The van der Waals surface area contributed by atoms with Gasteiger partial charge in [-0.3, -0.25) is 4.79 Å². The molecule has 0 unspecified atom stereocenters. The lowest BCUT2D eigenvalue weighted by atomic mass is 10.2. The number of anilines is 1. The van der Waals surface area contributed by atoms with Crippen molar-refractivity contribution in [2.45, 2.75) is 13.8 Å². The monoisotopic (exact) mass is 326 g/mol. The Bertz CT molecular complexity index is 873. The summed E-state index contributed by atoms with van der Waals surface area (Å²) in [6, 6.07) is 11.0. The number of hydrogen-bond donors (Lipinski definition) is 1. The summed E-state index contributed by atoms with van der Waals surface area (Å²) in [5, 5.41) is 7.69. The van der Waals surface area contributed by atoms with E-state index in [1.807, 2.05) is 38.1 Å². The predicted molar refractivity (Wildman–Crippen MR) is 90.2 cm³/mol. The first kappa shape index (κ1) is 15.2. The zero-order valence-electron chi connectivity index (χ0n) is 12.7. The molecule has 0 aliphatic heterocycles. The van der Waals surface area contributed by atoms with Crippen LogP contribution in [0.4, 0.5) is 5.82 Å². The number of hydrogen-bond acceptors (Lipinski definition) is 3. The van der Waals surface area contributed by atoms with Gasteiger partial charge in [0, 0.05) is 11.2 Å². The van der Waals surface area contributed by atoms with Crippen LogP contribution < -0.4 is 5.32 Å². The highest BCUT2D eigenvalue weighted by Crippen LogP contribution is 2.18. The fourth-order valence-corrected chi connectivity index (χ4v) is 2.47. The van der Waals surface area contributed by atoms with Gasteiger partial charge in [-0.15, -0.1) is 0 Å². The number of aromatic nitrogens is 3. The predicted octanol–water partition coefficient (Wildman–Crippen LogP) is 3.79. The van der Waals surface area contributed by atoms with E-state index in [9.17, 15) is 4.79 Å². The number of nitrogens with one attached hydrogen (secondary N) is 1. The highest BCUT2D eigenvalue weighted by molar-refractivity contribution is 6.30. The first-order chi connectivity index (χ1) is 11.0. The molecule has 2 aromatic heterocycles. The second kappa shape index (κ2) is 6.22. The normalized spacial score (nSPS) is 10.6. The van der Waals surface area contributed by atoms with E-state index in [-0.39, 0.29) is 5.91 Å². The van der Waals surface area contributed by atoms with Gasteiger partial charge in [-0.2, -0.15) is 5.10 Å². The Morgan fingerprint density at radius 2 is 2.04 bits per heavy atom. The number of nitrogens with zero attached hydrogens (tertiary/aromatic N) is 3. The summed E-state index contributed by atoms with van der Waals surface area (Å²) >= 11 is 6.01. The van der Waals surface area contributed by atoms with E-state index in [0.717, 1.165) is 16.9 Å². The van der Waals surface area contributed by atoms with Gasteiger partial charge < -0.3 is 5.32 Å². The highest BCUT2D eigenvalue weighted by atomic mass is 35.5. The third-order valence-electron chi connectivity index (χ3n) is 3.46. The van der Waals surface area contributed by atoms with E-state index in [1.54, 1.807) is 29.2 Å². The molecule has 0 aliphatic carbocycles. The standard InChI is InChI=1S/C17H15ClN4O/c1-11-6-7-19-16(8-11)21-17(23)15-10-20-22(12(15)2)14-5-3-4-13(18)9-14/h3-10H,1-2H3,(H,19,21,23). The van der Waals surface area contributed by atoms with Crippen LogP contribution in [0, 0.1) is 13.8 Å². The second-order valence-electron chi connectivity index (χ2n) is 5.21. The summed E-state index contributed by atoms with van der Waals surface area (Å²) < 4.78 is 1.68. The molecular formula is C17H15ClN4O. The van der Waals surface area contributed by atoms with Crippen LogP contribution in [-0.2, 0) is 0 Å². The van der Waals surface area contributed by atoms with Crippen molar-refractivity contribution in [3.05, 3.63) is 70.6 Å². The number of pyridine rings is 1. The SMILES string of the molecule is Cc1ccnc(NC(=O)c2cnn(-c3cccc(Cl)c3)c2C)c1. The Morgan fingerprint density at radius 3 is 2.78 bits per heavy atom. The van der Waals surface area contributed by atoms with Crippen LogP contribution >= 0.6 is 11.6 Å². The van der Waals surface area contributed by atoms with Crippen LogP contribution in [0.25, 0.3) is 5.69 Å². The van der Waals surface area contributed by atoms with Crippen molar-refractivity contribution in [1.82, 2.24) is 14.8 Å². The van der Waals surface area contributed by atoms with Crippen molar-refractivity contribution in [3.63, 3.8) is 0 Å². The van der Waals surface area contributed by atoms with E-state index >= 15 is 0 Å². The summed E-state index contributed by atoms with van der Waals surface area (Å²) in [5.41, 5.74) is 3.06. The van der Waals surface area contributed by atoms with Crippen molar-refractivity contribution >= 4 is 23.3 Å².